The normalized spacial score (nSPS) is 13.8. The standard InChI is InChI=1S/C23H23PS2/c1-3-23(2,22(25)26)24(19-13-7-4-8-14-19,20-15-9-5-10-16-20)21-17-11-6-12-18-21/h4-18H,3H2,1-2H3/p+1. The number of hydrogen-bond acceptors (Lipinski definition) is 1. The van der Waals surface area contributed by atoms with E-state index in [2.05, 4.69) is 105 Å². The van der Waals surface area contributed by atoms with Crippen LogP contribution in [0.1, 0.15) is 20.3 Å². The summed E-state index contributed by atoms with van der Waals surface area (Å²) in [5, 5.41) is 3.81. The van der Waals surface area contributed by atoms with Gasteiger partial charge < -0.3 is 0 Å². The van der Waals surface area contributed by atoms with E-state index in [9.17, 15) is 0 Å². The van der Waals surface area contributed by atoms with Gasteiger partial charge in [-0.3, -0.25) is 0 Å². The smallest absolute Gasteiger partial charge is 0.131 e. The Labute approximate surface area is 168 Å². The zero-order valence-corrected chi connectivity index (χ0v) is 17.8. The van der Waals surface area contributed by atoms with E-state index in [1.165, 1.54) is 15.9 Å². The van der Waals surface area contributed by atoms with Gasteiger partial charge >= 0.3 is 0 Å². The van der Waals surface area contributed by atoms with Crippen molar-refractivity contribution >= 4 is 52.2 Å². The van der Waals surface area contributed by atoms with E-state index < -0.39 is 7.26 Å². The highest BCUT2D eigenvalue weighted by molar-refractivity contribution is 8.14. The molecule has 0 bridgehead atoms. The molecule has 0 nitrogen and oxygen atoms in total. The van der Waals surface area contributed by atoms with Gasteiger partial charge in [0.15, 0.2) is 0 Å². The van der Waals surface area contributed by atoms with Gasteiger partial charge in [0.25, 0.3) is 0 Å². The number of thiol groups is 1. The highest BCUT2D eigenvalue weighted by atomic mass is 32.1. The van der Waals surface area contributed by atoms with Crippen LogP contribution in [-0.4, -0.2) is 9.35 Å². The molecule has 0 saturated carbocycles. The van der Waals surface area contributed by atoms with Crippen LogP contribution in [0.4, 0.5) is 0 Å². The fourth-order valence-electron chi connectivity index (χ4n) is 3.79. The maximum atomic E-state index is 5.77. The number of rotatable bonds is 6. The Morgan fingerprint density at radius 3 is 1.31 bits per heavy atom. The molecule has 0 heterocycles. The quantitative estimate of drug-likeness (QED) is 0.331. The zero-order valence-electron chi connectivity index (χ0n) is 15.2. The number of benzene rings is 3. The van der Waals surface area contributed by atoms with Gasteiger partial charge in [0, 0.05) is 0 Å². The van der Waals surface area contributed by atoms with E-state index in [-0.39, 0.29) is 5.16 Å². The molecule has 0 aliphatic carbocycles. The van der Waals surface area contributed by atoms with Crippen LogP contribution in [-0.2, 0) is 0 Å². The second kappa shape index (κ2) is 8.05. The average Bonchev–Trinajstić information content (AvgIpc) is 2.70. The maximum Gasteiger partial charge on any atom is 0.131 e. The van der Waals surface area contributed by atoms with Crippen molar-refractivity contribution in [3.05, 3.63) is 91.0 Å². The van der Waals surface area contributed by atoms with Gasteiger partial charge in [0.1, 0.15) is 28.3 Å². The summed E-state index contributed by atoms with van der Waals surface area (Å²) in [5.41, 5.74) is 0. The molecule has 3 heteroatoms. The first-order chi connectivity index (χ1) is 12.6. The predicted molar refractivity (Wildman–Crippen MR) is 125 cm³/mol. The lowest BCUT2D eigenvalue weighted by molar-refractivity contribution is 0.799. The van der Waals surface area contributed by atoms with E-state index in [0.717, 1.165) is 10.6 Å². The largest absolute Gasteiger partial charge is 0.132 e. The number of hydrogen-bond donors (Lipinski definition) is 1. The van der Waals surface area contributed by atoms with E-state index in [4.69, 9.17) is 24.8 Å². The third kappa shape index (κ3) is 3.05. The topological polar surface area (TPSA) is 0 Å². The SMILES string of the molecule is CCC(C)(C(=S)S)[P+](c1ccccc1)(c1ccccc1)c1ccccc1. The highest BCUT2D eigenvalue weighted by Gasteiger charge is 2.60. The molecule has 0 radical (unpaired) electrons. The first-order valence-electron chi connectivity index (χ1n) is 8.86. The molecular formula is C23H24PS2+. The summed E-state index contributed by atoms with van der Waals surface area (Å²) in [6, 6.07) is 32.6. The predicted octanol–water partition coefficient (Wildman–Crippen LogP) is 5.41. The molecule has 3 rings (SSSR count). The van der Waals surface area contributed by atoms with E-state index in [0.29, 0.717) is 0 Å². The minimum Gasteiger partial charge on any atom is -0.132 e. The Balaban J connectivity index is 2.50. The molecule has 0 N–H and O–H groups in total. The minimum atomic E-state index is -2.05. The summed E-state index contributed by atoms with van der Waals surface area (Å²) in [6.07, 6.45) is 0.932. The molecular weight excluding hydrogens is 371 g/mol. The molecule has 0 aromatic heterocycles. The average molecular weight is 396 g/mol. The summed E-state index contributed by atoms with van der Waals surface area (Å²) in [4.78, 5) is 0. The summed E-state index contributed by atoms with van der Waals surface area (Å²) < 4.78 is 0.782. The molecule has 0 aliphatic rings. The van der Waals surface area contributed by atoms with Crippen molar-refractivity contribution in [1.29, 1.82) is 0 Å². The fraction of sp³-hybridized carbons (Fsp3) is 0.174. The van der Waals surface area contributed by atoms with E-state index in [1.54, 1.807) is 0 Å². The van der Waals surface area contributed by atoms with Crippen LogP contribution < -0.4 is 15.9 Å². The van der Waals surface area contributed by atoms with Gasteiger partial charge in [-0.05, 0) is 49.7 Å². The van der Waals surface area contributed by atoms with Gasteiger partial charge in [0.2, 0.25) is 0 Å². The lowest BCUT2D eigenvalue weighted by atomic mass is 10.1. The van der Waals surface area contributed by atoms with Crippen LogP contribution >= 0.6 is 32.1 Å². The van der Waals surface area contributed by atoms with Crippen molar-refractivity contribution in [2.45, 2.75) is 25.4 Å². The molecule has 0 aliphatic heterocycles. The summed E-state index contributed by atoms with van der Waals surface area (Å²) >= 11 is 10.5. The highest BCUT2D eigenvalue weighted by Crippen LogP contribution is 2.67. The first-order valence-corrected chi connectivity index (χ1v) is 11.5. The third-order valence-corrected chi connectivity index (χ3v) is 11.8. The van der Waals surface area contributed by atoms with Crippen molar-refractivity contribution in [3.63, 3.8) is 0 Å². The molecule has 132 valence electrons. The van der Waals surface area contributed by atoms with Gasteiger partial charge in [-0.25, -0.2) is 0 Å². The van der Waals surface area contributed by atoms with Crippen LogP contribution in [0.15, 0.2) is 91.0 Å². The molecule has 0 spiro atoms. The van der Waals surface area contributed by atoms with E-state index in [1.807, 2.05) is 0 Å². The lowest BCUT2D eigenvalue weighted by Gasteiger charge is -2.41. The molecule has 1 unspecified atom stereocenters. The van der Waals surface area contributed by atoms with Crippen molar-refractivity contribution in [2.75, 3.05) is 0 Å². The molecule has 3 aromatic carbocycles. The lowest BCUT2D eigenvalue weighted by Crippen LogP contribution is -2.48. The van der Waals surface area contributed by atoms with Crippen molar-refractivity contribution in [2.24, 2.45) is 0 Å². The molecule has 26 heavy (non-hydrogen) atoms. The minimum absolute atomic E-state index is 0.227. The molecule has 3 aromatic rings. The second-order valence-electron chi connectivity index (χ2n) is 6.61. The Bertz CT molecular complexity index is 766. The Morgan fingerprint density at radius 2 is 1.08 bits per heavy atom. The van der Waals surface area contributed by atoms with Gasteiger partial charge in [-0.1, -0.05) is 73.7 Å². The molecule has 1 atom stereocenters. The van der Waals surface area contributed by atoms with Crippen LogP contribution in [0.5, 0.6) is 0 Å². The van der Waals surface area contributed by atoms with Crippen LogP contribution in [0.25, 0.3) is 0 Å². The van der Waals surface area contributed by atoms with Crippen molar-refractivity contribution < 1.29 is 0 Å². The monoisotopic (exact) mass is 395 g/mol. The van der Waals surface area contributed by atoms with E-state index >= 15 is 0 Å². The van der Waals surface area contributed by atoms with Crippen LogP contribution in [0.3, 0.4) is 0 Å². The maximum absolute atomic E-state index is 5.77. The number of thiocarbonyl (C=S) groups is 1. The zero-order chi connectivity index (χ0) is 18.6. The summed E-state index contributed by atoms with van der Waals surface area (Å²) in [6.45, 7) is 4.52. The molecule has 0 fully saturated rings. The van der Waals surface area contributed by atoms with Crippen LogP contribution in [0, 0.1) is 0 Å². The molecule has 0 amide bonds. The Kier molecular flexibility index (Phi) is 5.97. The van der Waals surface area contributed by atoms with Crippen molar-refractivity contribution in [3.8, 4) is 0 Å². The first kappa shape index (κ1) is 19.3. The fourth-order valence-corrected chi connectivity index (χ4v) is 10.2. The summed E-state index contributed by atoms with van der Waals surface area (Å²) in [5.74, 6) is 0. The van der Waals surface area contributed by atoms with Crippen molar-refractivity contribution in [1.82, 2.24) is 0 Å². The van der Waals surface area contributed by atoms with Gasteiger partial charge in [-0.15, -0.1) is 12.6 Å². The summed E-state index contributed by atoms with van der Waals surface area (Å²) in [7, 11) is -2.05. The van der Waals surface area contributed by atoms with Crippen LogP contribution in [0.2, 0.25) is 0 Å². The molecule has 0 saturated heterocycles. The Hall–Kier alpha value is -1.47. The second-order valence-corrected chi connectivity index (χ2v) is 11.6. The Morgan fingerprint density at radius 1 is 0.769 bits per heavy atom. The van der Waals surface area contributed by atoms with Gasteiger partial charge in [-0.2, -0.15) is 0 Å². The third-order valence-electron chi connectivity index (χ3n) is 5.32. The van der Waals surface area contributed by atoms with Gasteiger partial charge in [0.05, 0.1) is 4.20 Å².